The Morgan fingerprint density at radius 2 is 1.96 bits per heavy atom. The minimum atomic E-state index is -0.307. The lowest BCUT2D eigenvalue weighted by Gasteiger charge is -2.08. The number of nitrogens with one attached hydrogen (secondary N) is 1. The van der Waals surface area contributed by atoms with E-state index in [1.165, 1.54) is 0 Å². The highest BCUT2D eigenvalue weighted by molar-refractivity contribution is 9.10. The van der Waals surface area contributed by atoms with Crippen molar-refractivity contribution >= 4 is 38.8 Å². The maximum atomic E-state index is 11.9. The number of aryl methyl sites for hydroxylation is 1. The van der Waals surface area contributed by atoms with Crippen molar-refractivity contribution < 1.29 is 9.53 Å². The Morgan fingerprint density at radius 3 is 2.80 bits per heavy atom. The number of hydrogen-bond acceptors (Lipinski definition) is 3. The second-order valence-corrected chi connectivity index (χ2v) is 6.48. The monoisotopic (exact) mass is 396 g/mol. The van der Waals surface area contributed by atoms with Crippen molar-refractivity contribution in [2.45, 2.75) is 6.92 Å². The lowest BCUT2D eigenvalue weighted by atomic mass is 10.1. The first-order chi connectivity index (χ1) is 12.1. The fourth-order valence-corrected chi connectivity index (χ4v) is 2.96. The molecule has 0 fully saturated rings. The number of amides is 1. The molecule has 25 heavy (non-hydrogen) atoms. The van der Waals surface area contributed by atoms with Crippen molar-refractivity contribution in [3.05, 3.63) is 76.3 Å². The third-order valence-corrected chi connectivity index (χ3v) is 4.21. The molecule has 0 bridgehead atoms. The van der Waals surface area contributed by atoms with Crippen LogP contribution in [0.4, 0.5) is 0 Å². The zero-order chi connectivity index (χ0) is 17.6. The van der Waals surface area contributed by atoms with E-state index in [4.69, 9.17) is 4.74 Å². The number of hydrazone groups is 1. The SMILES string of the molecule is Cc1cc(Br)ccc1OCC(=O)NN=Cc1cccc2ccccc12. The number of halogens is 1. The normalized spacial score (nSPS) is 11.0. The molecule has 0 heterocycles. The third-order valence-electron chi connectivity index (χ3n) is 3.71. The van der Waals surface area contributed by atoms with Crippen LogP contribution in [0.25, 0.3) is 10.8 Å². The Labute approximate surface area is 154 Å². The highest BCUT2D eigenvalue weighted by atomic mass is 79.9. The van der Waals surface area contributed by atoms with Gasteiger partial charge in [-0.2, -0.15) is 5.10 Å². The van der Waals surface area contributed by atoms with Gasteiger partial charge in [0.25, 0.3) is 5.91 Å². The lowest BCUT2D eigenvalue weighted by Crippen LogP contribution is -2.24. The molecule has 0 aliphatic carbocycles. The Balaban J connectivity index is 1.59. The maximum absolute atomic E-state index is 11.9. The molecule has 1 amide bonds. The van der Waals surface area contributed by atoms with Crippen LogP contribution < -0.4 is 10.2 Å². The molecule has 3 aromatic rings. The summed E-state index contributed by atoms with van der Waals surface area (Å²) in [5.74, 6) is 0.371. The predicted octanol–water partition coefficient (Wildman–Crippen LogP) is 4.44. The van der Waals surface area contributed by atoms with E-state index in [9.17, 15) is 4.79 Å². The van der Waals surface area contributed by atoms with Crippen molar-refractivity contribution in [1.29, 1.82) is 0 Å². The van der Waals surface area contributed by atoms with Gasteiger partial charge in [0, 0.05) is 10.0 Å². The van der Waals surface area contributed by atoms with Gasteiger partial charge < -0.3 is 4.74 Å². The molecule has 0 atom stereocenters. The van der Waals surface area contributed by atoms with Crippen LogP contribution in [0.15, 0.2) is 70.2 Å². The van der Waals surface area contributed by atoms with Gasteiger partial charge in [-0.25, -0.2) is 5.43 Å². The van der Waals surface area contributed by atoms with Crippen LogP contribution in [-0.4, -0.2) is 18.7 Å². The van der Waals surface area contributed by atoms with E-state index >= 15 is 0 Å². The number of rotatable bonds is 5. The van der Waals surface area contributed by atoms with Gasteiger partial charge in [0.15, 0.2) is 6.61 Å². The topological polar surface area (TPSA) is 50.7 Å². The van der Waals surface area contributed by atoms with Crippen molar-refractivity contribution in [2.24, 2.45) is 5.10 Å². The van der Waals surface area contributed by atoms with Crippen LogP contribution in [0.3, 0.4) is 0 Å². The summed E-state index contributed by atoms with van der Waals surface area (Å²) < 4.78 is 6.49. The summed E-state index contributed by atoms with van der Waals surface area (Å²) in [7, 11) is 0. The number of carbonyl (C=O) groups is 1. The van der Waals surface area contributed by atoms with Crippen LogP contribution in [0.2, 0.25) is 0 Å². The number of fused-ring (bicyclic) bond motifs is 1. The molecule has 0 aliphatic heterocycles. The van der Waals surface area contributed by atoms with Crippen LogP contribution >= 0.6 is 15.9 Å². The molecule has 5 heteroatoms. The molecular formula is C20H17BrN2O2. The van der Waals surface area contributed by atoms with E-state index in [-0.39, 0.29) is 12.5 Å². The quantitative estimate of drug-likeness (QED) is 0.511. The van der Waals surface area contributed by atoms with Crippen LogP contribution in [0.5, 0.6) is 5.75 Å². The van der Waals surface area contributed by atoms with Gasteiger partial charge in [0.2, 0.25) is 0 Å². The van der Waals surface area contributed by atoms with Gasteiger partial charge in [-0.05, 0) is 41.5 Å². The molecule has 0 radical (unpaired) electrons. The van der Waals surface area contributed by atoms with Gasteiger partial charge >= 0.3 is 0 Å². The standard InChI is InChI=1S/C20H17BrN2O2/c1-14-11-17(21)9-10-19(14)25-13-20(24)23-22-12-16-7-4-6-15-5-2-3-8-18(15)16/h2-12H,13H2,1H3,(H,23,24). The molecule has 0 unspecified atom stereocenters. The zero-order valence-electron chi connectivity index (χ0n) is 13.7. The zero-order valence-corrected chi connectivity index (χ0v) is 15.3. The summed E-state index contributed by atoms with van der Waals surface area (Å²) >= 11 is 3.40. The molecule has 4 nitrogen and oxygen atoms in total. The van der Waals surface area contributed by atoms with E-state index in [2.05, 4.69) is 26.5 Å². The van der Waals surface area contributed by atoms with Crippen LogP contribution in [-0.2, 0) is 4.79 Å². The maximum Gasteiger partial charge on any atom is 0.277 e. The van der Waals surface area contributed by atoms with Gasteiger partial charge in [-0.3, -0.25) is 4.79 Å². The van der Waals surface area contributed by atoms with E-state index in [1.807, 2.05) is 67.6 Å². The molecule has 0 spiro atoms. The van der Waals surface area contributed by atoms with Crippen molar-refractivity contribution in [1.82, 2.24) is 5.43 Å². The summed E-state index contributed by atoms with van der Waals surface area (Å²) in [5.41, 5.74) is 4.40. The second-order valence-electron chi connectivity index (χ2n) is 5.56. The Morgan fingerprint density at radius 1 is 1.16 bits per heavy atom. The molecule has 126 valence electrons. The van der Waals surface area contributed by atoms with Crippen LogP contribution in [0.1, 0.15) is 11.1 Å². The Kier molecular flexibility index (Phi) is 5.46. The first-order valence-corrected chi connectivity index (χ1v) is 8.61. The minimum Gasteiger partial charge on any atom is -0.483 e. The second kappa shape index (κ2) is 7.94. The number of nitrogens with zero attached hydrogens (tertiary/aromatic N) is 1. The Hall–Kier alpha value is -2.66. The molecule has 1 N–H and O–H groups in total. The van der Waals surface area contributed by atoms with Gasteiger partial charge in [0.1, 0.15) is 5.75 Å². The highest BCUT2D eigenvalue weighted by Gasteiger charge is 2.04. The van der Waals surface area contributed by atoms with Crippen molar-refractivity contribution in [3.8, 4) is 5.75 Å². The summed E-state index contributed by atoms with van der Waals surface area (Å²) in [5, 5.41) is 6.25. The molecule has 0 aromatic heterocycles. The molecular weight excluding hydrogens is 380 g/mol. The molecule has 3 rings (SSSR count). The van der Waals surface area contributed by atoms with Crippen molar-refractivity contribution in [3.63, 3.8) is 0 Å². The van der Waals surface area contributed by atoms with Gasteiger partial charge in [-0.1, -0.05) is 58.4 Å². The molecule has 0 saturated carbocycles. The summed E-state index contributed by atoms with van der Waals surface area (Å²) in [6, 6.07) is 19.6. The largest absolute Gasteiger partial charge is 0.483 e. The fourth-order valence-electron chi connectivity index (χ4n) is 2.49. The third kappa shape index (κ3) is 4.45. The van der Waals surface area contributed by atoms with E-state index in [1.54, 1.807) is 6.21 Å². The number of ether oxygens (including phenoxy) is 1. The van der Waals surface area contributed by atoms with E-state index < -0.39 is 0 Å². The average molecular weight is 397 g/mol. The van der Waals surface area contributed by atoms with Crippen LogP contribution in [0, 0.1) is 6.92 Å². The van der Waals surface area contributed by atoms with E-state index in [0.717, 1.165) is 26.4 Å². The van der Waals surface area contributed by atoms with Crippen molar-refractivity contribution in [2.75, 3.05) is 6.61 Å². The minimum absolute atomic E-state index is 0.0879. The summed E-state index contributed by atoms with van der Waals surface area (Å²) in [6.07, 6.45) is 1.64. The lowest BCUT2D eigenvalue weighted by molar-refractivity contribution is -0.123. The fraction of sp³-hybridized carbons (Fsp3) is 0.100. The van der Waals surface area contributed by atoms with Gasteiger partial charge in [-0.15, -0.1) is 0 Å². The number of benzene rings is 3. The highest BCUT2D eigenvalue weighted by Crippen LogP contribution is 2.22. The number of carbonyl (C=O) groups excluding carboxylic acids is 1. The molecule has 3 aromatic carbocycles. The smallest absolute Gasteiger partial charge is 0.277 e. The molecule has 0 saturated heterocycles. The first kappa shape index (κ1) is 17.2. The van der Waals surface area contributed by atoms with E-state index in [0.29, 0.717) is 5.75 Å². The number of hydrogen-bond donors (Lipinski definition) is 1. The summed E-state index contributed by atoms with van der Waals surface area (Å²) in [6.45, 7) is 1.84. The summed E-state index contributed by atoms with van der Waals surface area (Å²) in [4.78, 5) is 11.9. The Bertz CT molecular complexity index is 933. The molecule has 0 aliphatic rings. The predicted molar refractivity (Wildman–Crippen MR) is 104 cm³/mol. The first-order valence-electron chi connectivity index (χ1n) is 7.82. The average Bonchev–Trinajstić information content (AvgIpc) is 2.61. The van der Waals surface area contributed by atoms with Gasteiger partial charge in [0.05, 0.1) is 6.21 Å².